The van der Waals surface area contributed by atoms with Crippen LogP contribution in [0.2, 0.25) is 0 Å². The molecule has 0 radical (unpaired) electrons. The summed E-state index contributed by atoms with van der Waals surface area (Å²) in [5.41, 5.74) is 4.93. The number of primary amides is 1. The topological polar surface area (TPSA) is 55.1 Å². The van der Waals surface area contributed by atoms with Crippen molar-refractivity contribution < 1.29 is 4.79 Å². The lowest BCUT2D eigenvalue weighted by atomic mass is 10.0. The Morgan fingerprint density at radius 2 is 2.06 bits per heavy atom. The predicted molar refractivity (Wildman–Crippen MR) is 75.2 cm³/mol. The first-order valence-electron chi connectivity index (χ1n) is 6.59. The van der Waals surface area contributed by atoms with Crippen molar-refractivity contribution in [3.63, 3.8) is 0 Å². The third kappa shape index (κ3) is 4.88. The monoisotopic (exact) mass is 258 g/mol. The highest BCUT2D eigenvalue weighted by atomic mass is 32.2. The van der Waals surface area contributed by atoms with E-state index in [0.29, 0.717) is 0 Å². The maximum atomic E-state index is 11.5. The van der Waals surface area contributed by atoms with Crippen molar-refractivity contribution in [3.8, 4) is 0 Å². The summed E-state index contributed by atoms with van der Waals surface area (Å²) in [6, 6.07) is 0.277. The van der Waals surface area contributed by atoms with Crippen LogP contribution in [0.25, 0.3) is 0 Å². The van der Waals surface area contributed by atoms with E-state index in [9.17, 15) is 4.79 Å². The number of rotatable bonds is 7. The zero-order valence-corrected chi connectivity index (χ0v) is 12.1. The van der Waals surface area contributed by atoms with Gasteiger partial charge < -0.3 is 11.1 Å². The third-order valence-electron chi connectivity index (χ3n) is 3.37. The van der Waals surface area contributed by atoms with Crippen molar-refractivity contribution in [2.45, 2.75) is 58.0 Å². The summed E-state index contributed by atoms with van der Waals surface area (Å²) in [6.07, 6.45) is 5.47. The molecular weight excluding hydrogens is 232 g/mol. The Morgan fingerprint density at radius 3 is 2.53 bits per heavy atom. The Balaban J connectivity index is 2.35. The summed E-state index contributed by atoms with van der Waals surface area (Å²) in [5.74, 6) is 2.56. The number of hydrogen-bond acceptors (Lipinski definition) is 3. The van der Waals surface area contributed by atoms with Gasteiger partial charge in [-0.3, -0.25) is 4.79 Å². The molecule has 0 aliphatic heterocycles. The number of nitrogens with two attached hydrogens (primary N) is 1. The minimum Gasteiger partial charge on any atom is -0.368 e. The summed E-state index contributed by atoms with van der Waals surface area (Å²) in [4.78, 5) is 11.5. The molecule has 1 fully saturated rings. The van der Waals surface area contributed by atoms with E-state index in [1.807, 2.05) is 32.5 Å². The van der Waals surface area contributed by atoms with Gasteiger partial charge in [0, 0.05) is 11.8 Å². The maximum absolute atomic E-state index is 11.5. The molecule has 3 N–H and O–H groups in total. The molecule has 0 spiro atoms. The van der Waals surface area contributed by atoms with E-state index in [0.717, 1.165) is 11.7 Å². The first-order chi connectivity index (χ1) is 7.94. The van der Waals surface area contributed by atoms with E-state index < -0.39 is 5.54 Å². The third-order valence-corrected chi connectivity index (χ3v) is 4.86. The van der Waals surface area contributed by atoms with Crippen LogP contribution in [0.1, 0.15) is 46.5 Å². The van der Waals surface area contributed by atoms with Crippen LogP contribution in [-0.4, -0.2) is 29.0 Å². The number of amides is 1. The molecule has 4 heteroatoms. The van der Waals surface area contributed by atoms with E-state index in [2.05, 4.69) is 5.32 Å². The maximum Gasteiger partial charge on any atom is 0.238 e. The van der Waals surface area contributed by atoms with Crippen molar-refractivity contribution in [2.24, 2.45) is 11.7 Å². The molecule has 17 heavy (non-hydrogen) atoms. The highest BCUT2D eigenvalue weighted by Gasteiger charge is 2.31. The second-order valence-electron chi connectivity index (χ2n) is 5.66. The molecule has 0 heterocycles. The summed E-state index contributed by atoms with van der Waals surface area (Å²) < 4.78 is 0. The average Bonchev–Trinajstić information content (AvgIpc) is 2.69. The first-order valence-corrected chi connectivity index (χ1v) is 7.75. The van der Waals surface area contributed by atoms with E-state index in [-0.39, 0.29) is 11.9 Å². The molecule has 1 rings (SSSR count). The number of nitrogens with one attached hydrogen (secondary N) is 1. The Hall–Kier alpha value is -0.220. The second kappa shape index (κ2) is 6.64. The van der Waals surface area contributed by atoms with Gasteiger partial charge in [-0.1, -0.05) is 12.8 Å². The van der Waals surface area contributed by atoms with Crippen LogP contribution < -0.4 is 11.1 Å². The molecule has 1 aliphatic rings. The summed E-state index contributed by atoms with van der Waals surface area (Å²) in [6.45, 7) is 6.00. The molecule has 0 aromatic carbocycles. The normalized spacial score (nSPS) is 20.7. The van der Waals surface area contributed by atoms with E-state index >= 15 is 0 Å². The molecule has 1 amide bonds. The van der Waals surface area contributed by atoms with Crippen LogP contribution in [0.3, 0.4) is 0 Å². The van der Waals surface area contributed by atoms with Gasteiger partial charge in [0.1, 0.15) is 5.54 Å². The first kappa shape index (κ1) is 14.8. The fourth-order valence-corrected chi connectivity index (χ4v) is 3.85. The standard InChI is InChI=1S/C13H26N2OS/c1-10(2)15-13(3,12(14)16)9-17-8-11-6-4-5-7-11/h10-11,15H,4-9H2,1-3H3,(H2,14,16). The van der Waals surface area contributed by atoms with E-state index in [1.165, 1.54) is 31.4 Å². The largest absolute Gasteiger partial charge is 0.368 e. The van der Waals surface area contributed by atoms with Crippen molar-refractivity contribution in [1.29, 1.82) is 0 Å². The molecule has 0 saturated heterocycles. The van der Waals surface area contributed by atoms with Crippen molar-refractivity contribution in [3.05, 3.63) is 0 Å². The molecule has 1 atom stereocenters. The van der Waals surface area contributed by atoms with Gasteiger partial charge in [0.05, 0.1) is 0 Å². The molecule has 0 aromatic heterocycles. The fourth-order valence-electron chi connectivity index (χ4n) is 2.43. The molecular formula is C13H26N2OS. The Labute approximate surface area is 109 Å². The van der Waals surface area contributed by atoms with E-state index in [1.54, 1.807) is 0 Å². The lowest BCUT2D eigenvalue weighted by molar-refractivity contribution is -0.123. The van der Waals surface area contributed by atoms with Gasteiger partial charge in [0.25, 0.3) is 0 Å². The lowest BCUT2D eigenvalue weighted by Gasteiger charge is -2.29. The summed E-state index contributed by atoms with van der Waals surface area (Å²) in [5, 5.41) is 3.29. The molecule has 3 nitrogen and oxygen atoms in total. The van der Waals surface area contributed by atoms with Crippen LogP contribution in [0.4, 0.5) is 0 Å². The van der Waals surface area contributed by atoms with Crippen molar-refractivity contribution >= 4 is 17.7 Å². The zero-order valence-electron chi connectivity index (χ0n) is 11.3. The van der Waals surface area contributed by atoms with Crippen LogP contribution in [-0.2, 0) is 4.79 Å². The smallest absolute Gasteiger partial charge is 0.238 e. The number of hydrogen-bond donors (Lipinski definition) is 2. The van der Waals surface area contributed by atoms with Gasteiger partial charge in [-0.15, -0.1) is 0 Å². The summed E-state index contributed by atoms with van der Waals surface area (Å²) >= 11 is 1.86. The Bertz CT molecular complexity index is 252. The van der Waals surface area contributed by atoms with Crippen molar-refractivity contribution in [2.75, 3.05) is 11.5 Å². The number of carbonyl (C=O) groups is 1. The van der Waals surface area contributed by atoms with Crippen molar-refractivity contribution in [1.82, 2.24) is 5.32 Å². The highest BCUT2D eigenvalue weighted by Crippen LogP contribution is 2.29. The van der Waals surface area contributed by atoms with Crippen LogP contribution in [0, 0.1) is 5.92 Å². The van der Waals surface area contributed by atoms with Gasteiger partial charge in [-0.2, -0.15) is 11.8 Å². The fraction of sp³-hybridized carbons (Fsp3) is 0.923. The molecule has 1 unspecified atom stereocenters. The number of carbonyl (C=O) groups excluding carboxylic acids is 1. The minimum absolute atomic E-state index is 0.245. The van der Waals surface area contributed by atoms with Crippen LogP contribution in [0.5, 0.6) is 0 Å². The molecule has 100 valence electrons. The highest BCUT2D eigenvalue weighted by molar-refractivity contribution is 7.99. The second-order valence-corrected chi connectivity index (χ2v) is 6.69. The van der Waals surface area contributed by atoms with E-state index in [4.69, 9.17) is 5.73 Å². The molecule has 1 aliphatic carbocycles. The summed E-state index contributed by atoms with van der Waals surface area (Å²) in [7, 11) is 0. The lowest BCUT2D eigenvalue weighted by Crippen LogP contribution is -2.57. The molecule has 1 saturated carbocycles. The zero-order chi connectivity index (χ0) is 12.9. The van der Waals surface area contributed by atoms with Crippen LogP contribution >= 0.6 is 11.8 Å². The van der Waals surface area contributed by atoms with Gasteiger partial charge in [0.2, 0.25) is 5.91 Å². The van der Waals surface area contributed by atoms with Gasteiger partial charge in [-0.25, -0.2) is 0 Å². The van der Waals surface area contributed by atoms with Gasteiger partial charge >= 0.3 is 0 Å². The molecule has 0 bridgehead atoms. The number of thioether (sulfide) groups is 1. The predicted octanol–water partition coefficient (Wildman–Crippen LogP) is 2.15. The van der Waals surface area contributed by atoms with Gasteiger partial charge in [-0.05, 0) is 45.3 Å². The average molecular weight is 258 g/mol. The Morgan fingerprint density at radius 1 is 1.47 bits per heavy atom. The van der Waals surface area contributed by atoms with Crippen LogP contribution in [0.15, 0.2) is 0 Å². The SMILES string of the molecule is CC(C)NC(C)(CSCC1CCCC1)C(N)=O. The molecule has 0 aromatic rings. The Kier molecular flexibility index (Phi) is 5.80. The van der Waals surface area contributed by atoms with Gasteiger partial charge in [0.15, 0.2) is 0 Å². The quantitative estimate of drug-likeness (QED) is 0.735. The minimum atomic E-state index is -0.572.